The van der Waals surface area contributed by atoms with Gasteiger partial charge in [-0.3, -0.25) is 0 Å². The Morgan fingerprint density at radius 1 is 0.806 bits per heavy atom. The number of benzene rings is 3. The van der Waals surface area contributed by atoms with E-state index < -0.39 is 10.0 Å². The van der Waals surface area contributed by atoms with E-state index >= 15 is 0 Å². The Labute approximate surface area is 212 Å². The van der Waals surface area contributed by atoms with Gasteiger partial charge < -0.3 is 9.64 Å². The molecule has 0 N–H and O–H groups in total. The molecule has 0 atom stereocenters. The van der Waals surface area contributed by atoms with Gasteiger partial charge in [-0.25, -0.2) is 8.42 Å². The number of aromatic nitrogens is 2. The molecule has 0 bridgehead atoms. The van der Waals surface area contributed by atoms with Crippen LogP contribution in [0.15, 0.2) is 65.6 Å². The molecule has 8 heteroatoms. The van der Waals surface area contributed by atoms with E-state index in [0.717, 1.165) is 44.9 Å². The van der Waals surface area contributed by atoms with Crippen LogP contribution < -0.4 is 9.64 Å². The molecular weight excluding hydrogens is 472 g/mol. The molecule has 36 heavy (non-hydrogen) atoms. The van der Waals surface area contributed by atoms with Gasteiger partial charge in [-0.05, 0) is 72.5 Å². The van der Waals surface area contributed by atoms with Crippen LogP contribution in [0.1, 0.15) is 16.7 Å². The number of sulfonamides is 1. The molecule has 5 rings (SSSR count). The minimum Gasteiger partial charge on any atom is -0.496 e. The molecule has 7 nitrogen and oxygen atoms in total. The highest BCUT2D eigenvalue weighted by molar-refractivity contribution is 7.89. The minimum atomic E-state index is -3.61. The predicted molar refractivity (Wildman–Crippen MR) is 143 cm³/mol. The van der Waals surface area contributed by atoms with Crippen LogP contribution in [-0.4, -0.2) is 56.2 Å². The number of ether oxygens (including phenoxy) is 1. The van der Waals surface area contributed by atoms with Crippen molar-refractivity contribution in [2.75, 3.05) is 38.2 Å². The molecule has 1 aliphatic rings. The Kier molecular flexibility index (Phi) is 6.40. The quantitative estimate of drug-likeness (QED) is 0.392. The average molecular weight is 503 g/mol. The monoisotopic (exact) mass is 502 g/mol. The van der Waals surface area contributed by atoms with Crippen LogP contribution in [0.2, 0.25) is 0 Å². The lowest BCUT2D eigenvalue weighted by atomic mass is 10.1. The summed E-state index contributed by atoms with van der Waals surface area (Å²) in [4.78, 5) is 2.44. The summed E-state index contributed by atoms with van der Waals surface area (Å²) in [5, 5.41) is 11.3. The molecule has 3 aromatic carbocycles. The first-order valence-electron chi connectivity index (χ1n) is 12.0. The van der Waals surface area contributed by atoms with E-state index in [1.165, 1.54) is 5.39 Å². The van der Waals surface area contributed by atoms with Gasteiger partial charge in [0.15, 0.2) is 5.82 Å². The molecule has 0 spiro atoms. The number of piperazine rings is 1. The average Bonchev–Trinajstić information content (AvgIpc) is 2.91. The molecule has 0 unspecified atom stereocenters. The van der Waals surface area contributed by atoms with E-state index in [1.54, 1.807) is 17.5 Å². The molecular formula is C28H30N4O3S. The molecule has 2 heterocycles. The second-order valence-corrected chi connectivity index (χ2v) is 11.1. The van der Waals surface area contributed by atoms with Crippen molar-refractivity contribution in [1.82, 2.24) is 14.5 Å². The smallest absolute Gasteiger partial charge is 0.243 e. The summed E-state index contributed by atoms with van der Waals surface area (Å²) >= 11 is 0. The normalized spacial score (nSPS) is 14.8. The van der Waals surface area contributed by atoms with Crippen LogP contribution in [-0.2, 0) is 10.0 Å². The molecule has 0 radical (unpaired) electrons. The number of rotatable bonds is 5. The molecule has 1 aliphatic heterocycles. The largest absolute Gasteiger partial charge is 0.496 e. The van der Waals surface area contributed by atoms with E-state index in [2.05, 4.69) is 45.4 Å². The SMILES string of the molecule is COc1c(C)cc(S(=O)(=O)N2CCN(c3ccc(-c4ccc5ccccc5c4)nn3)CC2)c(C)c1C. The van der Waals surface area contributed by atoms with Gasteiger partial charge in [0.25, 0.3) is 0 Å². The van der Waals surface area contributed by atoms with Gasteiger partial charge in [-0.1, -0.05) is 36.4 Å². The third-order valence-electron chi connectivity index (χ3n) is 7.06. The lowest BCUT2D eigenvalue weighted by molar-refractivity contribution is 0.382. The summed E-state index contributed by atoms with van der Waals surface area (Å²) in [6, 6.07) is 20.2. The Morgan fingerprint density at radius 3 is 2.19 bits per heavy atom. The second kappa shape index (κ2) is 9.52. The summed E-state index contributed by atoms with van der Waals surface area (Å²) in [6.07, 6.45) is 0. The fourth-order valence-electron chi connectivity index (χ4n) is 4.90. The summed E-state index contributed by atoms with van der Waals surface area (Å²) in [5.74, 6) is 1.49. The van der Waals surface area contributed by atoms with Crippen molar-refractivity contribution in [1.29, 1.82) is 0 Å². The Morgan fingerprint density at radius 2 is 1.53 bits per heavy atom. The van der Waals surface area contributed by atoms with Crippen LogP contribution in [0.5, 0.6) is 5.75 Å². The topological polar surface area (TPSA) is 75.6 Å². The highest BCUT2D eigenvalue weighted by Gasteiger charge is 2.31. The summed E-state index contributed by atoms with van der Waals surface area (Å²) < 4.78 is 34.0. The number of aryl methyl sites for hydroxylation is 1. The number of anilines is 1. The molecule has 0 amide bonds. The standard InChI is InChI=1S/C28H30N4O3S/c1-19-17-26(20(2)21(3)28(19)35-4)36(33,34)32-15-13-31(14-16-32)27-12-11-25(29-30-27)24-10-9-22-7-5-6-8-23(22)18-24/h5-12,17-18H,13-16H2,1-4H3. The number of hydrogen-bond donors (Lipinski definition) is 0. The zero-order valence-electron chi connectivity index (χ0n) is 21.0. The van der Waals surface area contributed by atoms with E-state index in [4.69, 9.17) is 4.74 Å². The van der Waals surface area contributed by atoms with E-state index in [9.17, 15) is 8.42 Å². The maximum atomic E-state index is 13.5. The van der Waals surface area contributed by atoms with Crippen molar-refractivity contribution in [2.24, 2.45) is 0 Å². The Balaban J connectivity index is 1.30. The lowest BCUT2D eigenvalue weighted by Crippen LogP contribution is -2.49. The lowest BCUT2D eigenvalue weighted by Gasteiger charge is -2.35. The summed E-state index contributed by atoms with van der Waals surface area (Å²) in [6.45, 7) is 7.50. The van der Waals surface area contributed by atoms with Crippen LogP contribution in [0.4, 0.5) is 5.82 Å². The van der Waals surface area contributed by atoms with Gasteiger partial charge in [-0.2, -0.15) is 4.31 Å². The van der Waals surface area contributed by atoms with Gasteiger partial charge >= 0.3 is 0 Å². The number of methoxy groups -OCH3 is 1. The van der Waals surface area contributed by atoms with E-state index in [1.807, 2.05) is 45.0 Å². The van der Waals surface area contributed by atoms with Crippen molar-refractivity contribution < 1.29 is 13.2 Å². The van der Waals surface area contributed by atoms with Crippen molar-refractivity contribution in [3.63, 3.8) is 0 Å². The van der Waals surface area contributed by atoms with Gasteiger partial charge in [-0.15, -0.1) is 10.2 Å². The molecule has 1 aromatic heterocycles. The predicted octanol–water partition coefficient (Wildman–Crippen LogP) is 4.74. The third kappa shape index (κ3) is 4.31. The number of hydrogen-bond acceptors (Lipinski definition) is 6. The second-order valence-electron chi connectivity index (χ2n) is 9.20. The summed E-state index contributed by atoms with van der Waals surface area (Å²) in [5.41, 5.74) is 4.24. The third-order valence-corrected chi connectivity index (χ3v) is 9.08. The maximum Gasteiger partial charge on any atom is 0.243 e. The molecule has 1 saturated heterocycles. The first-order valence-corrected chi connectivity index (χ1v) is 13.5. The molecule has 1 fully saturated rings. The van der Waals surface area contributed by atoms with E-state index in [-0.39, 0.29) is 0 Å². The molecule has 0 aliphatic carbocycles. The van der Waals surface area contributed by atoms with Gasteiger partial charge in [0.1, 0.15) is 5.75 Å². The molecule has 4 aromatic rings. The fraction of sp³-hybridized carbons (Fsp3) is 0.286. The van der Waals surface area contributed by atoms with Gasteiger partial charge in [0.05, 0.1) is 17.7 Å². The van der Waals surface area contributed by atoms with Crippen molar-refractivity contribution in [3.8, 4) is 17.0 Å². The Bertz CT molecular complexity index is 1530. The maximum absolute atomic E-state index is 13.5. The van der Waals surface area contributed by atoms with Crippen LogP contribution in [0.3, 0.4) is 0 Å². The first-order chi connectivity index (χ1) is 17.3. The zero-order valence-corrected chi connectivity index (χ0v) is 21.8. The number of fused-ring (bicyclic) bond motifs is 1. The van der Waals surface area contributed by atoms with E-state index in [0.29, 0.717) is 31.1 Å². The first kappa shape index (κ1) is 24.2. The van der Waals surface area contributed by atoms with Crippen LogP contribution in [0.25, 0.3) is 22.0 Å². The van der Waals surface area contributed by atoms with Crippen molar-refractivity contribution in [2.45, 2.75) is 25.7 Å². The summed E-state index contributed by atoms with van der Waals surface area (Å²) in [7, 11) is -2.00. The Hall–Kier alpha value is -3.49. The highest BCUT2D eigenvalue weighted by atomic mass is 32.2. The van der Waals surface area contributed by atoms with Crippen LogP contribution in [0, 0.1) is 20.8 Å². The fourth-order valence-corrected chi connectivity index (χ4v) is 6.68. The van der Waals surface area contributed by atoms with Gasteiger partial charge in [0.2, 0.25) is 10.0 Å². The molecule has 0 saturated carbocycles. The zero-order chi connectivity index (χ0) is 25.4. The minimum absolute atomic E-state index is 0.353. The van der Waals surface area contributed by atoms with Crippen molar-refractivity contribution in [3.05, 3.63) is 77.4 Å². The van der Waals surface area contributed by atoms with Crippen LogP contribution >= 0.6 is 0 Å². The highest BCUT2D eigenvalue weighted by Crippen LogP contribution is 2.33. The van der Waals surface area contributed by atoms with Gasteiger partial charge in [0, 0.05) is 31.7 Å². The van der Waals surface area contributed by atoms with Crippen molar-refractivity contribution >= 4 is 26.6 Å². The number of nitrogens with zero attached hydrogens (tertiary/aromatic N) is 4. The molecule has 186 valence electrons.